The number of amides is 2. The van der Waals surface area contributed by atoms with Crippen LogP contribution in [0.4, 0.5) is 4.79 Å². The Hall–Kier alpha value is -3.39. The van der Waals surface area contributed by atoms with E-state index >= 15 is 0 Å². The van der Waals surface area contributed by atoms with E-state index in [0.717, 1.165) is 35.1 Å². The third-order valence-electron chi connectivity index (χ3n) is 6.89. The Bertz CT molecular complexity index is 1050. The molecular weight excluding hydrogens is 436 g/mol. The smallest absolute Gasteiger partial charge is 0.407 e. The molecule has 8 nitrogen and oxygen atoms in total. The summed E-state index contributed by atoms with van der Waals surface area (Å²) in [6.45, 7) is 0.533. The molecule has 178 valence electrons. The highest BCUT2D eigenvalue weighted by atomic mass is 16.5. The number of ether oxygens (including phenoxy) is 2. The van der Waals surface area contributed by atoms with Gasteiger partial charge in [0.1, 0.15) is 19.3 Å². The van der Waals surface area contributed by atoms with Crippen molar-refractivity contribution in [3.63, 3.8) is 0 Å². The van der Waals surface area contributed by atoms with Gasteiger partial charge >= 0.3 is 12.1 Å². The van der Waals surface area contributed by atoms with Gasteiger partial charge in [-0.05, 0) is 41.5 Å². The molecule has 34 heavy (non-hydrogen) atoms. The molecule has 1 saturated carbocycles. The lowest BCUT2D eigenvalue weighted by molar-refractivity contribution is -0.150. The molecule has 8 heteroatoms. The van der Waals surface area contributed by atoms with Crippen LogP contribution in [0.1, 0.15) is 36.3 Å². The van der Waals surface area contributed by atoms with E-state index in [1.165, 1.54) is 4.90 Å². The Morgan fingerprint density at radius 1 is 1.00 bits per heavy atom. The molecule has 0 radical (unpaired) electrons. The maximum Gasteiger partial charge on any atom is 0.407 e. The topological polar surface area (TPSA) is 105 Å². The number of carbonyl (C=O) groups excluding carboxylic acids is 2. The number of carbonyl (C=O) groups is 3. The first-order chi connectivity index (χ1) is 16.5. The quantitative estimate of drug-likeness (QED) is 0.622. The highest BCUT2D eigenvalue weighted by Gasteiger charge is 2.42. The predicted octanol–water partition coefficient (Wildman–Crippen LogP) is 3.01. The van der Waals surface area contributed by atoms with Crippen molar-refractivity contribution in [2.24, 2.45) is 5.92 Å². The van der Waals surface area contributed by atoms with E-state index in [1.54, 1.807) is 0 Å². The summed E-state index contributed by atoms with van der Waals surface area (Å²) >= 11 is 0. The summed E-state index contributed by atoms with van der Waals surface area (Å²) in [5.41, 5.74) is 4.62. The highest BCUT2D eigenvalue weighted by molar-refractivity contribution is 5.86. The van der Waals surface area contributed by atoms with Crippen molar-refractivity contribution in [2.75, 3.05) is 26.3 Å². The van der Waals surface area contributed by atoms with Gasteiger partial charge in [0.2, 0.25) is 0 Å². The number of nitrogens with zero attached hydrogens (tertiary/aromatic N) is 1. The first kappa shape index (κ1) is 22.4. The van der Waals surface area contributed by atoms with Gasteiger partial charge in [0.25, 0.3) is 5.91 Å². The molecule has 2 atom stereocenters. The highest BCUT2D eigenvalue weighted by Crippen LogP contribution is 2.44. The monoisotopic (exact) mass is 464 g/mol. The average molecular weight is 465 g/mol. The molecule has 0 aromatic heterocycles. The van der Waals surface area contributed by atoms with E-state index in [4.69, 9.17) is 14.6 Å². The number of hydrogen-bond donors (Lipinski definition) is 2. The van der Waals surface area contributed by atoms with Crippen molar-refractivity contribution in [1.82, 2.24) is 10.2 Å². The van der Waals surface area contributed by atoms with Crippen molar-refractivity contribution >= 4 is 18.0 Å². The number of hydrogen-bond acceptors (Lipinski definition) is 5. The normalized spacial score (nSPS) is 20.9. The number of nitrogens with one attached hydrogen (secondary N) is 1. The van der Waals surface area contributed by atoms with Crippen LogP contribution < -0.4 is 5.32 Å². The van der Waals surface area contributed by atoms with Crippen molar-refractivity contribution in [1.29, 1.82) is 0 Å². The van der Waals surface area contributed by atoms with E-state index in [-0.39, 0.29) is 43.5 Å². The molecule has 0 unspecified atom stereocenters. The number of alkyl carbamates (subject to hydrolysis) is 1. The van der Waals surface area contributed by atoms with Crippen LogP contribution in [-0.4, -0.2) is 66.4 Å². The predicted molar refractivity (Wildman–Crippen MR) is 123 cm³/mol. The third kappa shape index (κ3) is 4.50. The first-order valence-electron chi connectivity index (χ1n) is 11.8. The van der Waals surface area contributed by atoms with Crippen molar-refractivity contribution in [3.05, 3.63) is 59.7 Å². The SMILES string of the molecule is O=C(O)CN(C(=O)[C@H]1OCC[C@H]1CNC(=O)OCC1c2ccccc2-c2ccccc21)C1CC1. The van der Waals surface area contributed by atoms with Crippen LogP contribution in [0.3, 0.4) is 0 Å². The summed E-state index contributed by atoms with van der Waals surface area (Å²) in [4.78, 5) is 38.0. The second kappa shape index (κ2) is 9.46. The van der Waals surface area contributed by atoms with Gasteiger partial charge in [0.05, 0.1) is 0 Å². The zero-order valence-electron chi connectivity index (χ0n) is 18.8. The summed E-state index contributed by atoms with van der Waals surface area (Å²) in [7, 11) is 0. The maximum absolute atomic E-state index is 12.9. The van der Waals surface area contributed by atoms with Crippen LogP contribution in [-0.2, 0) is 19.1 Å². The molecule has 2 aliphatic carbocycles. The molecular formula is C26H28N2O6. The molecule has 2 N–H and O–H groups in total. The fourth-order valence-electron chi connectivity index (χ4n) is 5.06. The summed E-state index contributed by atoms with van der Waals surface area (Å²) in [6.07, 6.45) is 0.965. The van der Waals surface area contributed by atoms with Gasteiger partial charge in [0.15, 0.2) is 0 Å². The minimum absolute atomic E-state index is 0.0228. The molecule has 5 rings (SSSR count). The zero-order chi connectivity index (χ0) is 23.7. The fourth-order valence-corrected chi connectivity index (χ4v) is 5.06. The van der Waals surface area contributed by atoms with Crippen LogP contribution in [0.15, 0.2) is 48.5 Å². The van der Waals surface area contributed by atoms with Gasteiger partial charge in [-0.3, -0.25) is 9.59 Å². The van der Waals surface area contributed by atoms with Gasteiger partial charge in [-0.1, -0.05) is 48.5 Å². The molecule has 0 spiro atoms. The second-order valence-corrected chi connectivity index (χ2v) is 9.14. The number of carboxylic acid groups (broad SMARTS) is 1. The maximum atomic E-state index is 12.9. The van der Waals surface area contributed by atoms with Crippen molar-refractivity contribution < 1.29 is 29.0 Å². The minimum atomic E-state index is -1.04. The van der Waals surface area contributed by atoms with Gasteiger partial charge in [-0.2, -0.15) is 0 Å². The molecule has 1 heterocycles. The van der Waals surface area contributed by atoms with Crippen molar-refractivity contribution in [2.45, 2.75) is 37.3 Å². The molecule has 1 saturated heterocycles. The number of carboxylic acids is 1. The number of aliphatic carboxylic acids is 1. The van der Waals surface area contributed by atoms with Crippen molar-refractivity contribution in [3.8, 4) is 11.1 Å². The van der Waals surface area contributed by atoms with E-state index < -0.39 is 18.2 Å². The van der Waals surface area contributed by atoms with E-state index in [0.29, 0.717) is 13.0 Å². The Labute approximate surface area is 197 Å². The summed E-state index contributed by atoms with van der Waals surface area (Å²) < 4.78 is 11.2. The molecule has 2 aromatic rings. The van der Waals surface area contributed by atoms with E-state index in [1.807, 2.05) is 24.3 Å². The average Bonchev–Trinajstić information content (AvgIpc) is 3.49. The molecule has 2 amide bonds. The van der Waals surface area contributed by atoms with Crippen LogP contribution in [0.2, 0.25) is 0 Å². The summed E-state index contributed by atoms with van der Waals surface area (Å²) in [5.74, 6) is -1.58. The van der Waals surface area contributed by atoms with Gasteiger partial charge in [-0.15, -0.1) is 0 Å². The number of benzene rings is 2. The zero-order valence-corrected chi connectivity index (χ0v) is 18.8. The Balaban J connectivity index is 1.17. The van der Waals surface area contributed by atoms with Crippen LogP contribution >= 0.6 is 0 Å². The standard InChI is InChI=1S/C26H28N2O6/c29-23(30)14-28(17-9-10-17)25(31)24-16(11-12-33-24)13-27-26(32)34-15-22-20-7-3-1-5-18(20)19-6-2-4-8-21(19)22/h1-8,16-17,22,24H,9-15H2,(H,27,32)(H,29,30)/t16-,24-/m0/s1. The van der Waals surface area contributed by atoms with E-state index in [9.17, 15) is 14.4 Å². The fraction of sp³-hybridized carbons (Fsp3) is 0.423. The first-order valence-corrected chi connectivity index (χ1v) is 11.8. The Kier molecular flexibility index (Phi) is 6.24. The lowest BCUT2D eigenvalue weighted by atomic mass is 9.98. The molecule has 3 aliphatic rings. The van der Waals surface area contributed by atoms with Crippen LogP contribution in [0, 0.1) is 5.92 Å². The Morgan fingerprint density at radius 2 is 1.65 bits per heavy atom. The lowest BCUT2D eigenvalue weighted by Crippen LogP contribution is -2.47. The van der Waals surface area contributed by atoms with Crippen LogP contribution in [0.5, 0.6) is 0 Å². The molecule has 2 aromatic carbocycles. The van der Waals surface area contributed by atoms with Gasteiger partial charge in [-0.25, -0.2) is 4.79 Å². The minimum Gasteiger partial charge on any atom is -0.480 e. The van der Waals surface area contributed by atoms with Gasteiger partial charge in [0, 0.05) is 31.0 Å². The van der Waals surface area contributed by atoms with E-state index in [2.05, 4.69) is 29.6 Å². The largest absolute Gasteiger partial charge is 0.480 e. The van der Waals surface area contributed by atoms with Gasteiger partial charge < -0.3 is 24.8 Å². The molecule has 0 bridgehead atoms. The number of rotatable bonds is 8. The molecule has 2 fully saturated rings. The summed E-state index contributed by atoms with van der Waals surface area (Å²) in [6, 6.07) is 16.3. The summed E-state index contributed by atoms with van der Waals surface area (Å²) in [5, 5.41) is 11.9. The lowest BCUT2D eigenvalue weighted by Gasteiger charge is -2.26. The third-order valence-corrected chi connectivity index (χ3v) is 6.89. The molecule has 1 aliphatic heterocycles. The number of fused-ring (bicyclic) bond motifs is 3. The Morgan fingerprint density at radius 3 is 2.26 bits per heavy atom. The van der Waals surface area contributed by atoms with Crippen LogP contribution in [0.25, 0.3) is 11.1 Å². The second-order valence-electron chi connectivity index (χ2n) is 9.14.